The third kappa shape index (κ3) is 7.40. The van der Waals surface area contributed by atoms with Crippen molar-refractivity contribution < 1.29 is 8.42 Å². The lowest BCUT2D eigenvalue weighted by molar-refractivity contribution is 0.281. The van der Waals surface area contributed by atoms with Gasteiger partial charge in [-0.1, -0.05) is 19.1 Å². The summed E-state index contributed by atoms with van der Waals surface area (Å²) < 4.78 is 27.4. The molecule has 31 heavy (non-hydrogen) atoms. The molecule has 2 aromatic rings. The van der Waals surface area contributed by atoms with Crippen LogP contribution in [0.3, 0.4) is 0 Å². The minimum absolute atomic E-state index is 0. The minimum atomic E-state index is -3.41. The molecule has 7 nitrogen and oxygen atoms in total. The summed E-state index contributed by atoms with van der Waals surface area (Å²) in [4.78, 5) is 9.06. The Balaban J connectivity index is 0.00000341. The fourth-order valence-corrected chi connectivity index (χ4v) is 5.78. The van der Waals surface area contributed by atoms with Gasteiger partial charge in [-0.15, -0.1) is 35.3 Å². The highest BCUT2D eigenvalue weighted by Crippen LogP contribution is 2.23. The first kappa shape index (κ1) is 26.0. The number of hydrogen-bond acceptors (Lipinski definition) is 5. The number of guanidine groups is 1. The monoisotopic (exact) mass is 577 g/mol. The van der Waals surface area contributed by atoms with Crippen molar-refractivity contribution in [2.24, 2.45) is 10.9 Å². The minimum Gasteiger partial charge on any atom is -0.356 e. The van der Waals surface area contributed by atoms with Gasteiger partial charge < -0.3 is 10.6 Å². The summed E-state index contributed by atoms with van der Waals surface area (Å²) >= 11 is 1.66. The molecule has 0 amide bonds. The first-order valence-electron chi connectivity index (χ1n) is 10.3. The van der Waals surface area contributed by atoms with Crippen molar-refractivity contribution in [1.29, 1.82) is 0 Å². The summed E-state index contributed by atoms with van der Waals surface area (Å²) in [5.41, 5.74) is 2.08. The molecule has 0 spiro atoms. The van der Waals surface area contributed by atoms with E-state index < -0.39 is 10.0 Å². The van der Waals surface area contributed by atoms with Gasteiger partial charge in [0.2, 0.25) is 10.0 Å². The van der Waals surface area contributed by atoms with Gasteiger partial charge in [0.25, 0.3) is 0 Å². The number of benzene rings is 1. The average molecular weight is 578 g/mol. The molecule has 1 aliphatic heterocycles. The molecule has 0 radical (unpaired) electrons. The second kappa shape index (κ2) is 12.1. The molecule has 1 aromatic carbocycles. The number of aryl methyl sites for hydroxylation is 1. The predicted octanol–water partition coefficient (Wildman–Crippen LogP) is 3.40. The molecule has 172 valence electrons. The Morgan fingerprint density at radius 1 is 1.29 bits per heavy atom. The second-order valence-corrected chi connectivity index (χ2v) is 10.7. The molecule has 0 aliphatic carbocycles. The number of hydrogen-bond donors (Lipinski definition) is 2. The standard InChI is InChI=1S/C21H31N5O2S2.HI/c1-16-5-4-12-26(14-16)30(27,28)20-8-6-18(7-9-20)13-24-21(22-3)23-11-10-19-15-29-17(2)25-19;/h6-9,15-16H,4-5,10-14H2,1-3H3,(H2,22,23,24);1H. The Kier molecular flexibility index (Phi) is 10.2. The maximum atomic E-state index is 12.9. The average Bonchev–Trinajstić information content (AvgIpc) is 3.16. The highest BCUT2D eigenvalue weighted by Gasteiger charge is 2.28. The van der Waals surface area contributed by atoms with E-state index in [1.807, 2.05) is 19.1 Å². The van der Waals surface area contributed by atoms with Crippen LogP contribution in [-0.2, 0) is 23.0 Å². The van der Waals surface area contributed by atoms with Gasteiger partial charge in [0, 0.05) is 45.0 Å². The molecule has 2 heterocycles. The van der Waals surface area contributed by atoms with Crippen molar-refractivity contribution in [2.45, 2.75) is 44.6 Å². The number of aromatic nitrogens is 1. The summed E-state index contributed by atoms with van der Waals surface area (Å²) in [6.45, 7) is 6.64. The van der Waals surface area contributed by atoms with E-state index in [4.69, 9.17) is 0 Å². The van der Waals surface area contributed by atoms with Gasteiger partial charge in [-0.25, -0.2) is 13.4 Å². The zero-order valence-electron chi connectivity index (χ0n) is 18.3. The largest absolute Gasteiger partial charge is 0.356 e. The van der Waals surface area contributed by atoms with Crippen LogP contribution in [0.1, 0.15) is 36.0 Å². The molecule has 3 rings (SSSR count). The van der Waals surface area contributed by atoms with Crippen LogP contribution in [0.25, 0.3) is 0 Å². The number of nitrogens with zero attached hydrogens (tertiary/aromatic N) is 3. The van der Waals surface area contributed by atoms with Crippen LogP contribution in [0.15, 0.2) is 39.5 Å². The summed E-state index contributed by atoms with van der Waals surface area (Å²) in [5, 5.41) is 9.70. The first-order valence-corrected chi connectivity index (χ1v) is 12.6. The smallest absolute Gasteiger partial charge is 0.243 e. The van der Waals surface area contributed by atoms with Gasteiger partial charge in [-0.05, 0) is 43.4 Å². The van der Waals surface area contributed by atoms with Crippen LogP contribution in [0.2, 0.25) is 0 Å². The van der Waals surface area contributed by atoms with E-state index in [-0.39, 0.29) is 24.0 Å². The highest BCUT2D eigenvalue weighted by molar-refractivity contribution is 14.0. The molecule has 1 aliphatic rings. The first-order chi connectivity index (χ1) is 14.4. The molecular formula is C21H32IN5O2S2. The fourth-order valence-electron chi connectivity index (χ4n) is 3.53. The van der Waals surface area contributed by atoms with Gasteiger partial charge in [-0.3, -0.25) is 4.99 Å². The quantitative estimate of drug-likeness (QED) is 0.300. The molecule has 1 atom stereocenters. The lowest BCUT2D eigenvalue weighted by Gasteiger charge is -2.30. The Morgan fingerprint density at radius 3 is 2.65 bits per heavy atom. The van der Waals surface area contributed by atoms with E-state index in [9.17, 15) is 8.42 Å². The molecule has 0 saturated carbocycles. The fraction of sp³-hybridized carbons (Fsp3) is 0.524. The Labute approximate surface area is 206 Å². The number of halogens is 1. The zero-order chi connectivity index (χ0) is 21.6. The number of nitrogens with one attached hydrogen (secondary N) is 2. The SMILES string of the molecule is CN=C(NCCc1csc(C)n1)NCc1ccc(S(=O)(=O)N2CCCC(C)C2)cc1.I. The van der Waals surface area contributed by atoms with Gasteiger partial charge in [0.15, 0.2) is 5.96 Å². The van der Waals surface area contributed by atoms with Crippen molar-refractivity contribution in [3.8, 4) is 0 Å². The highest BCUT2D eigenvalue weighted by atomic mass is 127. The number of thiazole rings is 1. The van der Waals surface area contributed by atoms with Crippen LogP contribution >= 0.6 is 35.3 Å². The van der Waals surface area contributed by atoms with E-state index in [1.165, 1.54) is 0 Å². The van der Waals surface area contributed by atoms with Gasteiger partial charge in [0.1, 0.15) is 0 Å². The molecule has 2 N–H and O–H groups in total. The summed E-state index contributed by atoms with van der Waals surface area (Å²) in [7, 11) is -1.68. The van der Waals surface area contributed by atoms with Gasteiger partial charge in [0.05, 0.1) is 15.6 Å². The van der Waals surface area contributed by atoms with Crippen molar-refractivity contribution >= 4 is 51.3 Å². The van der Waals surface area contributed by atoms with Gasteiger partial charge >= 0.3 is 0 Å². The topological polar surface area (TPSA) is 86.7 Å². The van der Waals surface area contributed by atoms with Crippen LogP contribution in [-0.4, -0.2) is 50.3 Å². The van der Waals surface area contributed by atoms with Crippen LogP contribution in [0, 0.1) is 12.8 Å². The summed E-state index contributed by atoms with van der Waals surface area (Å²) in [6, 6.07) is 7.12. The third-order valence-corrected chi connectivity index (χ3v) is 7.91. The van der Waals surface area contributed by atoms with Crippen molar-refractivity contribution in [3.63, 3.8) is 0 Å². The second-order valence-electron chi connectivity index (χ2n) is 7.71. The number of rotatable bonds is 7. The lowest BCUT2D eigenvalue weighted by atomic mass is 10.0. The lowest BCUT2D eigenvalue weighted by Crippen LogP contribution is -2.39. The van der Waals surface area contributed by atoms with Crippen molar-refractivity contribution in [1.82, 2.24) is 19.9 Å². The predicted molar refractivity (Wildman–Crippen MR) is 138 cm³/mol. The van der Waals surface area contributed by atoms with Crippen LogP contribution < -0.4 is 10.6 Å². The molecule has 10 heteroatoms. The van der Waals surface area contributed by atoms with Crippen LogP contribution in [0.5, 0.6) is 0 Å². The van der Waals surface area contributed by atoms with Crippen molar-refractivity contribution in [3.05, 3.63) is 45.9 Å². The summed E-state index contributed by atoms with van der Waals surface area (Å²) in [5.74, 6) is 1.12. The molecule has 1 aromatic heterocycles. The van der Waals surface area contributed by atoms with Crippen LogP contribution in [0.4, 0.5) is 0 Å². The number of aliphatic imine (C=N–C) groups is 1. The molecule has 0 bridgehead atoms. The Bertz CT molecular complexity index is 960. The normalized spacial score (nSPS) is 17.8. The van der Waals surface area contributed by atoms with E-state index in [0.717, 1.165) is 42.1 Å². The van der Waals surface area contributed by atoms with E-state index in [0.29, 0.717) is 36.4 Å². The number of piperidine rings is 1. The maximum Gasteiger partial charge on any atom is 0.243 e. The van der Waals surface area contributed by atoms with E-state index in [1.54, 1.807) is 34.8 Å². The maximum absolute atomic E-state index is 12.9. The van der Waals surface area contributed by atoms with Crippen molar-refractivity contribution in [2.75, 3.05) is 26.7 Å². The molecule has 1 fully saturated rings. The Hall–Kier alpha value is -1.24. The summed E-state index contributed by atoms with van der Waals surface area (Å²) in [6.07, 6.45) is 2.86. The molecular weight excluding hydrogens is 545 g/mol. The molecule has 1 saturated heterocycles. The number of sulfonamides is 1. The van der Waals surface area contributed by atoms with E-state index >= 15 is 0 Å². The van der Waals surface area contributed by atoms with E-state index in [2.05, 4.69) is 32.9 Å². The molecule has 1 unspecified atom stereocenters. The van der Waals surface area contributed by atoms with Gasteiger partial charge in [-0.2, -0.15) is 4.31 Å². The zero-order valence-corrected chi connectivity index (χ0v) is 22.3. The Morgan fingerprint density at radius 2 is 2.03 bits per heavy atom. The third-order valence-electron chi connectivity index (χ3n) is 5.20.